The Morgan fingerprint density at radius 3 is 2.37 bits per heavy atom. The molecular weight excluding hydrogens is 240 g/mol. The number of benzene rings is 1. The number of rotatable bonds is 6. The van der Waals surface area contributed by atoms with Crippen LogP contribution in [0.5, 0.6) is 0 Å². The highest BCUT2D eigenvalue weighted by Gasteiger charge is 2.12. The Bertz CT molecular complexity index is 417. The molecule has 106 valence electrons. The Morgan fingerprint density at radius 2 is 1.89 bits per heavy atom. The lowest BCUT2D eigenvalue weighted by atomic mass is 10.00. The van der Waals surface area contributed by atoms with E-state index in [9.17, 15) is 4.79 Å². The van der Waals surface area contributed by atoms with E-state index in [0.29, 0.717) is 19.5 Å². The number of carbonyl (C=O) groups excluding carboxylic acids is 1. The van der Waals surface area contributed by atoms with Gasteiger partial charge in [-0.2, -0.15) is 0 Å². The highest BCUT2D eigenvalue weighted by Crippen LogP contribution is 2.16. The van der Waals surface area contributed by atoms with Gasteiger partial charge < -0.3 is 15.8 Å². The number of hydrogen-bond donors (Lipinski definition) is 2. The summed E-state index contributed by atoms with van der Waals surface area (Å²) in [4.78, 5) is 11.8. The standard InChI is InChI=1S/C15H24N2O2/c1-10-5-11(2)14(12(3)6-10)9-17-15(18)7-13(8-16)19-4/h5-6,13H,7-9,16H2,1-4H3,(H,17,18). The monoisotopic (exact) mass is 264 g/mol. The van der Waals surface area contributed by atoms with Gasteiger partial charge in [0.1, 0.15) is 0 Å². The molecule has 0 aliphatic heterocycles. The minimum atomic E-state index is -0.208. The summed E-state index contributed by atoms with van der Waals surface area (Å²) in [5.41, 5.74) is 10.3. The zero-order valence-corrected chi connectivity index (χ0v) is 12.2. The van der Waals surface area contributed by atoms with Crippen molar-refractivity contribution in [3.8, 4) is 0 Å². The first kappa shape index (κ1) is 15.7. The lowest BCUT2D eigenvalue weighted by Gasteiger charge is -2.15. The van der Waals surface area contributed by atoms with Crippen LogP contribution in [0.2, 0.25) is 0 Å². The van der Waals surface area contributed by atoms with Crippen molar-refractivity contribution in [3.05, 3.63) is 34.4 Å². The average molecular weight is 264 g/mol. The van der Waals surface area contributed by atoms with Crippen LogP contribution in [0.1, 0.15) is 28.7 Å². The van der Waals surface area contributed by atoms with Gasteiger partial charge in [-0.1, -0.05) is 17.7 Å². The second-order valence-corrected chi connectivity index (χ2v) is 4.95. The van der Waals surface area contributed by atoms with E-state index >= 15 is 0 Å². The van der Waals surface area contributed by atoms with Crippen LogP contribution >= 0.6 is 0 Å². The summed E-state index contributed by atoms with van der Waals surface area (Å²) >= 11 is 0. The van der Waals surface area contributed by atoms with Gasteiger partial charge in [-0.15, -0.1) is 0 Å². The second-order valence-electron chi connectivity index (χ2n) is 4.95. The Kier molecular flexibility index (Phi) is 5.99. The van der Waals surface area contributed by atoms with Crippen LogP contribution in [0.4, 0.5) is 0 Å². The number of amides is 1. The van der Waals surface area contributed by atoms with Crippen molar-refractivity contribution >= 4 is 5.91 Å². The van der Waals surface area contributed by atoms with E-state index in [-0.39, 0.29) is 12.0 Å². The third-order valence-corrected chi connectivity index (χ3v) is 3.31. The zero-order valence-electron chi connectivity index (χ0n) is 12.2. The van der Waals surface area contributed by atoms with Crippen LogP contribution in [0.15, 0.2) is 12.1 Å². The molecule has 4 heteroatoms. The third-order valence-electron chi connectivity index (χ3n) is 3.31. The molecule has 0 aliphatic rings. The number of nitrogens with one attached hydrogen (secondary N) is 1. The lowest BCUT2D eigenvalue weighted by molar-refractivity contribution is -0.123. The van der Waals surface area contributed by atoms with Crippen LogP contribution in [-0.2, 0) is 16.1 Å². The molecule has 0 saturated carbocycles. The molecule has 0 aliphatic carbocycles. The molecule has 1 aromatic carbocycles. The molecule has 0 bridgehead atoms. The molecule has 0 fully saturated rings. The van der Waals surface area contributed by atoms with E-state index in [1.807, 2.05) is 0 Å². The molecule has 4 nitrogen and oxygen atoms in total. The first-order valence-corrected chi connectivity index (χ1v) is 6.54. The summed E-state index contributed by atoms with van der Waals surface area (Å²) in [5.74, 6) is -0.0309. The summed E-state index contributed by atoms with van der Waals surface area (Å²) in [6.45, 7) is 7.12. The van der Waals surface area contributed by atoms with Crippen molar-refractivity contribution in [2.45, 2.75) is 39.8 Å². The van der Waals surface area contributed by atoms with Gasteiger partial charge in [-0.3, -0.25) is 4.79 Å². The summed E-state index contributed by atoms with van der Waals surface area (Å²) in [5, 5.41) is 2.92. The Balaban J connectivity index is 2.60. The summed E-state index contributed by atoms with van der Waals surface area (Å²) in [7, 11) is 1.57. The molecule has 1 aromatic rings. The van der Waals surface area contributed by atoms with Crippen LogP contribution in [0.25, 0.3) is 0 Å². The molecule has 0 aromatic heterocycles. The van der Waals surface area contributed by atoms with E-state index in [1.54, 1.807) is 7.11 Å². The molecule has 0 spiro atoms. The molecular formula is C15H24N2O2. The van der Waals surface area contributed by atoms with Crippen molar-refractivity contribution < 1.29 is 9.53 Å². The maximum absolute atomic E-state index is 11.8. The molecule has 19 heavy (non-hydrogen) atoms. The van der Waals surface area contributed by atoms with Crippen molar-refractivity contribution in [1.82, 2.24) is 5.32 Å². The fraction of sp³-hybridized carbons (Fsp3) is 0.533. The molecule has 0 saturated heterocycles. The maximum Gasteiger partial charge on any atom is 0.222 e. The second kappa shape index (κ2) is 7.26. The molecule has 3 N–H and O–H groups in total. The van der Waals surface area contributed by atoms with Gasteiger partial charge in [0.15, 0.2) is 0 Å². The maximum atomic E-state index is 11.8. The molecule has 1 rings (SSSR count). The van der Waals surface area contributed by atoms with Gasteiger partial charge >= 0.3 is 0 Å². The smallest absolute Gasteiger partial charge is 0.222 e. The zero-order chi connectivity index (χ0) is 14.4. The fourth-order valence-corrected chi connectivity index (χ4v) is 2.22. The first-order valence-electron chi connectivity index (χ1n) is 6.54. The number of methoxy groups -OCH3 is 1. The molecule has 0 radical (unpaired) electrons. The van der Waals surface area contributed by atoms with E-state index in [1.165, 1.54) is 22.3 Å². The normalized spacial score (nSPS) is 12.3. The summed E-state index contributed by atoms with van der Waals surface area (Å²) < 4.78 is 5.10. The van der Waals surface area contributed by atoms with Crippen molar-refractivity contribution in [3.63, 3.8) is 0 Å². The Labute approximate surface area is 115 Å². The van der Waals surface area contributed by atoms with Crippen LogP contribution in [0.3, 0.4) is 0 Å². The van der Waals surface area contributed by atoms with E-state index in [4.69, 9.17) is 10.5 Å². The molecule has 1 unspecified atom stereocenters. The van der Waals surface area contributed by atoms with E-state index in [2.05, 4.69) is 38.2 Å². The van der Waals surface area contributed by atoms with Crippen LogP contribution in [-0.4, -0.2) is 25.7 Å². The number of hydrogen-bond acceptors (Lipinski definition) is 3. The van der Waals surface area contributed by atoms with Crippen molar-refractivity contribution in [1.29, 1.82) is 0 Å². The van der Waals surface area contributed by atoms with Gasteiger partial charge in [-0.05, 0) is 37.5 Å². The number of aryl methyl sites for hydroxylation is 3. The van der Waals surface area contributed by atoms with Crippen LogP contribution < -0.4 is 11.1 Å². The number of ether oxygens (including phenoxy) is 1. The number of carbonyl (C=O) groups is 1. The molecule has 1 atom stereocenters. The Hall–Kier alpha value is -1.39. The molecule has 1 amide bonds. The number of nitrogens with two attached hydrogens (primary N) is 1. The third kappa shape index (κ3) is 4.65. The topological polar surface area (TPSA) is 64.3 Å². The van der Waals surface area contributed by atoms with Crippen LogP contribution in [0, 0.1) is 20.8 Å². The van der Waals surface area contributed by atoms with Crippen molar-refractivity contribution in [2.75, 3.05) is 13.7 Å². The minimum Gasteiger partial charge on any atom is -0.380 e. The minimum absolute atomic E-state index is 0.0309. The summed E-state index contributed by atoms with van der Waals surface area (Å²) in [6.07, 6.45) is 0.0944. The fourth-order valence-electron chi connectivity index (χ4n) is 2.22. The van der Waals surface area contributed by atoms with Gasteiger partial charge in [-0.25, -0.2) is 0 Å². The van der Waals surface area contributed by atoms with Crippen molar-refractivity contribution in [2.24, 2.45) is 5.73 Å². The van der Waals surface area contributed by atoms with E-state index in [0.717, 1.165) is 0 Å². The largest absolute Gasteiger partial charge is 0.380 e. The van der Waals surface area contributed by atoms with Gasteiger partial charge in [0, 0.05) is 20.2 Å². The summed E-state index contributed by atoms with van der Waals surface area (Å²) in [6, 6.07) is 4.26. The molecule has 0 heterocycles. The highest BCUT2D eigenvalue weighted by atomic mass is 16.5. The quantitative estimate of drug-likeness (QED) is 0.820. The predicted octanol–water partition coefficient (Wildman–Crippen LogP) is 1.59. The first-order chi connectivity index (χ1) is 8.97. The van der Waals surface area contributed by atoms with E-state index < -0.39 is 0 Å². The average Bonchev–Trinajstić information content (AvgIpc) is 2.34. The SMILES string of the molecule is COC(CN)CC(=O)NCc1c(C)cc(C)cc1C. The van der Waals surface area contributed by atoms with Gasteiger partial charge in [0.05, 0.1) is 12.5 Å². The highest BCUT2D eigenvalue weighted by molar-refractivity contribution is 5.76. The van der Waals surface area contributed by atoms with Gasteiger partial charge in [0.2, 0.25) is 5.91 Å². The Morgan fingerprint density at radius 1 is 1.32 bits per heavy atom. The lowest BCUT2D eigenvalue weighted by Crippen LogP contribution is -2.32. The predicted molar refractivity (Wildman–Crippen MR) is 77.0 cm³/mol. The van der Waals surface area contributed by atoms with Gasteiger partial charge in [0.25, 0.3) is 0 Å².